The molecule has 2 saturated heterocycles. The first-order valence-corrected chi connectivity index (χ1v) is 6.94. The van der Waals surface area contributed by atoms with Crippen molar-refractivity contribution in [1.29, 1.82) is 0 Å². The zero-order valence-electron chi connectivity index (χ0n) is 11.2. The van der Waals surface area contributed by atoms with E-state index in [1.807, 2.05) is 0 Å². The van der Waals surface area contributed by atoms with Gasteiger partial charge in [0.05, 0.1) is 24.9 Å². The summed E-state index contributed by atoms with van der Waals surface area (Å²) in [6, 6.07) is 0. The van der Waals surface area contributed by atoms with Crippen LogP contribution in [0.25, 0.3) is 0 Å². The summed E-state index contributed by atoms with van der Waals surface area (Å²) in [5, 5.41) is 3.37. The van der Waals surface area contributed by atoms with Crippen LogP contribution < -0.4 is 5.32 Å². The minimum atomic E-state index is 0.350. The largest absolute Gasteiger partial charge is 0.377 e. The van der Waals surface area contributed by atoms with Crippen LogP contribution in [-0.2, 0) is 9.47 Å². The minimum absolute atomic E-state index is 0.350. The van der Waals surface area contributed by atoms with Crippen molar-refractivity contribution >= 4 is 0 Å². The van der Waals surface area contributed by atoms with Gasteiger partial charge in [0, 0.05) is 32.7 Å². The number of rotatable bonds is 4. The van der Waals surface area contributed by atoms with Crippen LogP contribution in [0, 0.1) is 0 Å². The molecule has 4 nitrogen and oxygen atoms in total. The number of hydrogen-bond donors (Lipinski definition) is 1. The number of nitrogens with one attached hydrogen (secondary N) is 1. The van der Waals surface area contributed by atoms with Crippen molar-refractivity contribution in [2.45, 2.75) is 45.0 Å². The number of nitrogens with zero attached hydrogens (tertiary/aromatic N) is 1. The lowest BCUT2D eigenvalue weighted by molar-refractivity contribution is -0.103. The second kappa shape index (κ2) is 6.69. The molecule has 0 saturated carbocycles. The first kappa shape index (κ1) is 13.3. The van der Waals surface area contributed by atoms with Gasteiger partial charge < -0.3 is 14.8 Å². The average Bonchev–Trinajstić information content (AvgIpc) is 2.29. The molecule has 4 heteroatoms. The fourth-order valence-electron chi connectivity index (χ4n) is 2.76. The van der Waals surface area contributed by atoms with E-state index in [0.29, 0.717) is 18.3 Å². The maximum Gasteiger partial charge on any atom is 0.0625 e. The molecule has 2 aliphatic rings. The second-order valence-corrected chi connectivity index (χ2v) is 5.31. The molecule has 0 bridgehead atoms. The lowest BCUT2D eigenvalue weighted by Gasteiger charge is -2.33. The molecule has 2 unspecified atom stereocenters. The molecule has 100 valence electrons. The van der Waals surface area contributed by atoms with E-state index in [1.54, 1.807) is 0 Å². The van der Waals surface area contributed by atoms with Gasteiger partial charge in [0.2, 0.25) is 0 Å². The van der Waals surface area contributed by atoms with Crippen LogP contribution in [0.15, 0.2) is 0 Å². The Kier molecular flexibility index (Phi) is 5.22. The molecule has 2 fully saturated rings. The van der Waals surface area contributed by atoms with Gasteiger partial charge in [-0.3, -0.25) is 4.90 Å². The van der Waals surface area contributed by atoms with E-state index in [-0.39, 0.29) is 0 Å². The molecule has 0 spiro atoms. The van der Waals surface area contributed by atoms with E-state index in [1.165, 1.54) is 0 Å². The third-order valence-electron chi connectivity index (χ3n) is 3.62. The highest BCUT2D eigenvalue weighted by Gasteiger charge is 2.24. The van der Waals surface area contributed by atoms with Crippen LogP contribution in [0.4, 0.5) is 0 Å². The summed E-state index contributed by atoms with van der Waals surface area (Å²) >= 11 is 0. The van der Waals surface area contributed by atoms with E-state index in [9.17, 15) is 0 Å². The molecule has 2 rings (SSSR count). The SMILES string of the molecule is CC1CC(OCCN2CCNCC2)CC(C)O1. The van der Waals surface area contributed by atoms with Crippen molar-refractivity contribution in [3.8, 4) is 0 Å². The predicted octanol–water partition coefficient (Wildman–Crippen LogP) is 0.864. The van der Waals surface area contributed by atoms with Gasteiger partial charge in [-0.2, -0.15) is 0 Å². The molecule has 0 radical (unpaired) electrons. The number of ether oxygens (including phenoxy) is 2. The monoisotopic (exact) mass is 242 g/mol. The smallest absolute Gasteiger partial charge is 0.0625 e. The molecule has 1 N–H and O–H groups in total. The zero-order chi connectivity index (χ0) is 12.1. The molecular weight excluding hydrogens is 216 g/mol. The van der Waals surface area contributed by atoms with E-state index in [0.717, 1.165) is 52.2 Å². The first-order valence-electron chi connectivity index (χ1n) is 6.94. The van der Waals surface area contributed by atoms with Gasteiger partial charge in [-0.05, 0) is 26.7 Å². The summed E-state index contributed by atoms with van der Waals surface area (Å²) in [5.41, 5.74) is 0. The zero-order valence-corrected chi connectivity index (χ0v) is 11.2. The van der Waals surface area contributed by atoms with Crippen LogP contribution >= 0.6 is 0 Å². The van der Waals surface area contributed by atoms with Crippen LogP contribution in [0.1, 0.15) is 26.7 Å². The van der Waals surface area contributed by atoms with Gasteiger partial charge in [0.15, 0.2) is 0 Å². The van der Waals surface area contributed by atoms with Gasteiger partial charge in [-0.15, -0.1) is 0 Å². The minimum Gasteiger partial charge on any atom is -0.377 e. The fourth-order valence-corrected chi connectivity index (χ4v) is 2.76. The Hall–Kier alpha value is -0.160. The second-order valence-electron chi connectivity index (χ2n) is 5.31. The van der Waals surface area contributed by atoms with Crippen LogP contribution in [0.5, 0.6) is 0 Å². The third-order valence-corrected chi connectivity index (χ3v) is 3.62. The summed E-state index contributed by atoms with van der Waals surface area (Å²) in [6.45, 7) is 10.8. The van der Waals surface area contributed by atoms with E-state index >= 15 is 0 Å². The van der Waals surface area contributed by atoms with E-state index < -0.39 is 0 Å². The Labute approximate surface area is 105 Å². The van der Waals surface area contributed by atoms with Gasteiger partial charge in [0.1, 0.15) is 0 Å². The lowest BCUT2D eigenvalue weighted by Crippen LogP contribution is -2.45. The van der Waals surface area contributed by atoms with Crippen molar-refractivity contribution < 1.29 is 9.47 Å². The summed E-state index contributed by atoms with van der Waals surface area (Å²) in [4.78, 5) is 2.47. The molecule has 2 atom stereocenters. The molecular formula is C13H26N2O2. The predicted molar refractivity (Wildman–Crippen MR) is 68.3 cm³/mol. The molecule has 0 aromatic heterocycles. The van der Waals surface area contributed by atoms with Crippen molar-refractivity contribution in [1.82, 2.24) is 10.2 Å². The van der Waals surface area contributed by atoms with Gasteiger partial charge in [0.25, 0.3) is 0 Å². The van der Waals surface area contributed by atoms with Crippen LogP contribution in [-0.4, -0.2) is 62.5 Å². The van der Waals surface area contributed by atoms with Crippen LogP contribution in [0.3, 0.4) is 0 Å². The Bertz CT molecular complexity index is 209. The third kappa shape index (κ3) is 4.54. The maximum atomic E-state index is 5.98. The molecule has 0 aliphatic carbocycles. The lowest BCUT2D eigenvalue weighted by atomic mass is 10.0. The van der Waals surface area contributed by atoms with Crippen LogP contribution in [0.2, 0.25) is 0 Å². The van der Waals surface area contributed by atoms with Crippen molar-refractivity contribution in [2.24, 2.45) is 0 Å². The van der Waals surface area contributed by atoms with E-state index in [4.69, 9.17) is 9.47 Å². The highest BCUT2D eigenvalue weighted by molar-refractivity contribution is 4.74. The van der Waals surface area contributed by atoms with Gasteiger partial charge in [-0.1, -0.05) is 0 Å². The highest BCUT2D eigenvalue weighted by Crippen LogP contribution is 2.21. The first-order chi connectivity index (χ1) is 8.24. The van der Waals surface area contributed by atoms with Crippen molar-refractivity contribution in [2.75, 3.05) is 39.3 Å². The summed E-state index contributed by atoms with van der Waals surface area (Å²) in [7, 11) is 0. The van der Waals surface area contributed by atoms with Crippen molar-refractivity contribution in [3.05, 3.63) is 0 Å². The molecule has 0 aromatic carbocycles. The van der Waals surface area contributed by atoms with Gasteiger partial charge in [-0.25, -0.2) is 0 Å². The quantitative estimate of drug-likeness (QED) is 0.793. The standard InChI is InChI=1S/C13H26N2O2/c1-11-9-13(10-12(2)17-11)16-8-7-15-5-3-14-4-6-15/h11-14H,3-10H2,1-2H3. The normalized spacial score (nSPS) is 36.0. The molecule has 2 aliphatic heterocycles. The average molecular weight is 242 g/mol. The Morgan fingerprint density at radius 1 is 1.18 bits per heavy atom. The topological polar surface area (TPSA) is 33.7 Å². The summed E-state index contributed by atoms with van der Waals surface area (Å²) < 4.78 is 11.7. The maximum absolute atomic E-state index is 5.98. The van der Waals surface area contributed by atoms with E-state index in [2.05, 4.69) is 24.1 Å². The summed E-state index contributed by atoms with van der Waals surface area (Å²) in [6.07, 6.45) is 3.19. The number of hydrogen-bond acceptors (Lipinski definition) is 4. The Balaban J connectivity index is 1.60. The fraction of sp³-hybridized carbons (Fsp3) is 1.00. The van der Waals surface area contributed by atoms with Gasteiger partial charge >= 0.3 is 0 Å². The van der Waals surface area contributed by atoms with Crippen molar-refractivity contribution in [3.63, 3.8) is 0 Å². The molecule has 2 heterocycles. The molecule has 0 aromatic rings. The number of piperazine rings is 1. The highest BCUT2D eigenvalue weighted by atomic mass is 16.5. The molecule has 17 heavy (non-hydrogen) atoms. The molecule has 0 amide bonds. The Morgan fingerprint density at radius 2 is 1.82 bits per heavy atom. The Morgan fingerprint density at radius 3 is 2.47 bits per heavy atom. The summed E-state index contributed by atoms with van der Waals surface area (Å²) in [5.74, 6) is 0.